The van der Waals surface area contributed by atoms with E-state index < -0.39 is 17.6 Å². The summed E-state index contributed by atoms with van der Waals surface area (Å²) in [6.07, 6.45) is 0.258. The molecule has 1 heterocycles. The lowest BCUT2D eigenvalue weighted by Gasteiger charge is -2.38. The Morgan fingerprint density at radius 1 is 0.848 bits per heavy atom. The number of benzene rings is 3. The minimum Gasteiger partial charge on any atom is -0.305 e. The minimum absolute atomic E-state index is 0.0173. The largest absolute Gasteiger partial charge is 0.416 e. The van der Waals surface area contributed by atoms with Gasteiger partial charge in [-0.05, 0) is 42.7 Å². The Labute approximate surface area is 190 Å². The van der Waals surface area contributed by atoms with Crippen molar-refractivity contribution in [1.29, 1.82) is 5.26 Å². The molecule has 3 aromatic rings. The fourth-order valence-electron chi connectivity index (χ4n) is 4.54. The smallest absolute Gasteiger partial charge is 0.305 e. The number of halogens is 4. The Kier molecular flexibility index (Phi) is 6.85. The second-order valence-electron chi connectivity index (χ2n) is 8.37. The second-order valence-corrected chi connectivity index (χ2v) is 8.37. The maximum absolute atomic E-state index is 13.7. The lowest BCUT2D eigenvalue weighted by Crippen LogP contribution is -2.44. The summed E-state index contributed by atoms with van der Waals surface area (Å²) in [5.41, 5.74) is 0.531. The van der Waals surface area contributed by atoms with Crippen molar-refractivity contribution in [3.63, 3.8) is 0 Å². The number of hydrogen-bond donors (Lipinski definition) is 0. The van der Waals surface area contributed by atoms with Crippen LogP contribution < -0.4 is 5.01 Å². The van der Waals surface area contributed by atoms with E-state index in [-0.39, 0.29) is 12.1 Å². The molecule has 1 aliphatic heterocycles. The van der Waals surface area contributed by atoms with Crippen molar-refractivity contribution in [2.75, 3.05) is 18.1 Å². The van der Waals surface area contributed by atoms with E-state index in [1.165, 1.54) is 6.07 Å². The van der Waals surface area contributed by atoms with E-state index >= 15 is 0 Å². The highest BCUT2D eigenvalue weighted by Crippen LogP contribution is 2.35. The monoisotopic (exact) mass is 455 g/mol. The van der Waals surface area contributed by atoms with Gasteiger partial charge < -0.3 is 5.01 Å². The number of fused-ring (bicyclic) bond motifs is 1. The third-order valence-corrected chi connectivity index (χ3v) is 6.16. The van der Waals surface area contributed by atoms with E-state index in [4.69, 9.17) is 0 Å². The number of nitrogens with zero attached hydrogens (tertiary/aromatic N) is 3. The van der Waals surface area contributed by atoms with E-state index in [1.807, 2.05) is 35.3 Å². The quantitative estimate of drug-likeness (QED) is 0.396. The van der Waals surface area contributed by atoms with Gasteiger partial charge in [-0.3, -0.25) is 0 Å². The van der Waals surface area contributed by atoms with E-state index in [0.29, 0.717) is 24.7 Å². The highest BCUT2D eigenvalue weighted by atomic mass is 19.4. The van der Waals surface area contributed by atoms with Gasteiger partial charge in [-0.15, -0.1) is 0 Å². The lowest BCUT2D eigenvalue weighted by molar-refractivity contribution is -0.138. The zero-order chi connectivity index (χ0) is 23.4. The van der Waals surface area contributed by atoms with Gasteiger partial charge in [0.2, 0.25) is 0 Å². The molecule has 0 N–H and O–H groups in total. The normalized spacial score (nSPS) is 16.2. The fourth-order valence-corrected chi connectivity index (χ4v) is 4.54. The topological polar surface area (TPSA) is 30.3 Å². The van der Waals surface area contributed by atoms with Crippen molar-refractivity contribution >= 4 is 16.5 Å². The third kappa shape index (κ3) is 5.12. The molecule has 1 fully saturated rings. The zero-order valence-electron chi connectivity index (χ0n) is 18.2. The van der Waals surface area contributed by atoms with Gasteiger partial charge in [-0.1, -0.05) is 49.6 Å². The van der Waals surface area contributed by atoms with Crippen molar-refractivity contribution in [3.8, 4) is 6.07 Å². The van der Waals surface area contributed by atoms with Crippen LogP contribution in [0.5, 0.6) is 0 Å². The van der Waals surface area contributed by atoms with Crippen molar-refractivity contribution in [3.05, 3.63) is 77.1 Å². The number of hydrogen-bond acceptors (Lipinski definition) is 3. The van der Waals surface area contributed by atoms with Gasteiger partial charge in [0.1, 0.15) is 5.82 Å². The van der Waals surface area contributed by atoms with Crippen LogP contribution in [-0.4, -0.2) is 18.1 Å². The van der Waals surface area contributed by atoms with E-state index in [9.17, 15) is 22.8 Å². The molecule has 33 heavy (non-hydrogen) atoms. The van der Waals surface area contributed by atoms with Crippen molar-refractivity contribution in [2.45, 2.75) is 44.8 Å². The average Bonchev–Trinajstić information content (AvgIpc) is 2.91. The van der Waals surface area contributed by atoms with E-state index in [2.05, 4.69) is 11.1 Å². The van der Waals surface area contributed by atoms with Crippen LogP contribution >= 0.6 is 0 Å². The predicted octanol–water partition coefficient (Wildman–Crippen LogP) is 7.06. The Hall–Kier alpha value is -3.11. The predicted molar refractivity (Wildman–Crippen MR) is 121 cm³/mol. The molecule has 0 aromatic heterocycles. The second kappa shape index (κ2) is 9.80. The molecule has 172 valence electrons. The molecule has 0 atom stereocenters. The third-order valence-electron chi connectivity index (χ3n) is 6.16. The molecule has 1 aliphatic rings. The van der Waals surface area contributed by atoms with E-state index in [0.717, 1.165) is 54.6 Å². The molecule has 0 amide bonds. The Morgan fingerprint density at radius 3 is 2.27 bits per heavy atom. The first-order valence-corrected chi connectivity index (χ1v) is 11.2. The summed E-state index contributed by atoms with van der Waals surface area (Å²) in [5.74, 6) is -0.898. The standard InChI is InChI=1S/C26H25F4N3/c27-21-12-10-20(24(16-21)26(28,29)30)18-32-14-6-2-1-3-7-15-33(32)25-13-11-19(17-31)22-8-4-5-9-23(22)25/h4-5,8-13,16H,1-3,6-7,14-15,18H2. The molecule has 0 aliphatic carbocycles. The van der Waals surface area contributed by atoms with Gasteiger partial charge in [0.05, 0.1) is 22.9 Å². The first kappa shape index (κ1) is 23.1. The number of nitriles is 1. The van der Waals surface area contributed by atoms with Crippen LogP contribution in [0, 0.1) is 17.1 Å². The molecule has 0 radical (unpaired) electrons. The first-order chi connectivity index (χ1) is 15.9. The summed E-state index contributed by atoms with van der Waals surface area (Å²) in [4.78, 5) is 0. The molecule has 0 spiro atoms. The van der Waals surface area contributed by atoms with Gasteiger partial charge in [-0.2, -0.15) is 18.4 Å². The summed E-state index contributed by atoms with van der Waals surface area (Å²) in [5, 5.41) is 15.2. The van der Waals surface area contributed by atoms with Crippen LogP contribution in [0.3, 0.4) is 0 Å². The summed E-state index contributed by atoms with van der Waals surface area (Å²) >= 11 is 0. The van der Waals surface area contributed by atoms with Crippen molar-refractivity contribution in [2.24, 2.45) is 0 Å². The molecule has 4 rings (SSSR count). The number of hydrazine groups is 1. The van der Waals surface area contributed by atoms with Crippen molar-refractivity contribution < 1.29 is 17.6 Å². The van der Waals surface area contributed by atoms with Crippen LogP contribution in [0.1, 0.15) is 48.8 Å². The highest BCUT2D eigenvalue weighted by molar-refractivity contribution is 5.97. The Bertz CT molecular complexity index is 1170. The summed E-state index contributed by atoms with van der Waals surface area (Å²) in [7, 11) is 0. The van der Waals surface area contributed by atoms with Gasteiger partial charge in [0.15, 0.2) is 0 Å². The maximum atomic E-state index is 13.7. The molecule has 7 heteroatoms. The van der Waals surface area contributed by atoms with Crippen LogP contribution in [0.4, 0.5) is 23.2 Å². The van der Waals surface area contributed by atoms with Gasteiger partial charge in [-0.25, -0.2) is 9.40 Å². The SMILES string of the molecule is N#Cc1ccc(N2CCCCCCCN2Cc2ccc(F)cc2C(F)(F)F)c2ccccc12. The minimum atomic E-state index is -4.64. The fraction of sp³-hybridized carbons (Fsp3) is 0.346. The molecule has 3 nitrogen and oxygen atoms in total. The van der Waals surface area contributed by atoms with Crippen LogP contribution in [0.15, 0.2) is 54.6 Å². The number of alkyl halides is 3. The van der Waals surface area contributed by atoms with Gasteiger partial charge in [0, 0.05) is 30.4 Å². The average molecular weight is 455 g/mol. The molecule has 1 saturated heterocycles. The molecular formula is C26H25F4N3. The Morgan fingerprint density at radius 2 is 1.55 bits per heavy atom. The van der Waals surface area contributed by atoms with Crippen LogP contribution in [-0.2, 0) is 12.7 Å². The van der Waals surface area contributed by atoms with Crippen LogP contribution in [0.25, 0.3) is 10.8 Å². The van der Waals surface area contributed by atoms with Gasteiger partial charge in [0.25, 0.3) is 0 Å². The molecule has 0 unspecified atom stereocenters. The highest BCUT2D eigenvalue weighted by Gasteiger charge is 2.34. The number of anilines is 1. The summed E-state index contributed by atoms with van der Waals surface area (Å²) in [6.45, 7) is 1.25. The van der Waals surface area contributed by atoms with Gasteiger partial charge >= 0.3 is 6.18 Å². The van der Waals surface area contributed by atoms with E-state index in [1.54, 1.807) is 6.07 Å². The maximum Gasteiger partial charge on any atom is 0.416 e. The molecule has 0 bridgehead atoms. The molecular weight excluding hydrogens is 430 g/mol. The molecule has 0 saturated carbocycles. The lowest BCUT2D eigenvalue weighted by atomic mass is 10.0. The van der Waals surface area contributed by atoms with Crippen molar-refractivity contribution in [1.82, 2.24) is 5.01 Å². The summed E-state index contributed by atoms with van der Waals surface area (Å²) in [6, 6.07) is 16.4. The Balaban J connectivity index is 1.79. The number of rotatable bonds is 3. The summed E-state index contributed by atoms with van der Waals surface area (Å²) < 4.78 is 54.7. The first-order valence-electron chi connectivity index (χ1n) is 11.2. The zero-order valence-corrected chi connectivity index (χ0v) is 18.2. The van der Waals surface area contributed by atoms with Crippen LogP contribution in [0.2, 0.25) is 0 Å². The molecule has 3 aromatic carbocycles.